The number of nitrogens with zero attached hydrogens (tertiary/aromatic N) is 1. The molecular formula is C21H26BrNO. The van der Waals surface area contributed by atoms with E-state index in [0.29, 0.717) is 6.04 Å². The van der Waals surface area contributed by atoms with Crippen molar-refractivity contribution in [1.29, 1.82) is 0 Å². The molecule has 0 bridgehead atoms. The number of benzene rings is 2. The van der Waals surface area contributed by atoms with Crippen LogP contribution in [0, 0.1) is 0 Å². The van der Waals surface area contributed by atoms with E-state index in [1.54, 1.807) is 0 Å². The lowest BCUT2D eigenvalue weighted by Crippen LogP contribution is -2.31. The minimum Gasteiger partial charge on any atom is -0.366 e. The van der Waals surface area contributed by atoms with Crippen molar-refractivity contribution in [2.45, 2.75) is 37.8 Å². The summed E-state index contributed by atoms with van der Waals surface area (Å²) in [4.78, 5) is 2.46. The van der Waals surface area contributed by atoms with Gasteiger partial charge in [-0.3, -0.25) is 0 Å². The Morgan fingerprint density at radius 3 is 2.38 bits per heavy atom. The Morgan fingerprint density at radius 2 is 1.75 bits per heavy atom. The molecule has 1 unspecified atom stereocenters. The van der Waals surface area contributed by atoms with Gasteiger partial charge in [-0.15, -0.1) is 0 Å². The van der Waals surface area contributed by atoms with Gasteiger partial charge in [0.15, 0.2) is 0 Å². The van der Waals surface area contributed by atoms with E-state index in [-0.39, 0.29) is 0 Å². The molecule has 0 N–H and O–H groups in total. The molecule has 0 radical (unpaired) electrons. The van der Waals surface area contributed by atoms with Crippen LogP contribution in [0.5, 0.6) is 0 Å². The minimum atomic E-state index is -0.418. The fraction of sp³-hybridized carbons (Fsp3) is 0.429. The smallest absolute Gasteiger partial charge is 0.115 e. The van der Waals surface area contributed by atoms with E-state index in [4.69, 9.17) is 4.74 Å². The van der Waals surface area contributed by atoms with Gasteiger partial charge in [-0.1, -0.05) is 58.4 Å². The lowest BCUT2D eigenvalue weighted by atomic mass is 9.88. The molecule has 24 heavy (non-hydrogen) atoms. The van der Waals surface area contributed by atoms with Gasteiger partial charge in [0, 0.05) is 17.1 Å². The number of likely N-dealkylation sites (tertiary alicyclic amines) is 1. The summed E-state index contributed by atoms with van der Waals surface area (Å²) in [6, 6.07) is 19.7. The third-order valence-electron chi connectivity index (χ3n) is 5.23. The largest absolute Gasteiger partial charge is 0.366 e. The molecule has 0 amide bonds. The van der Waals surface area contributed by atoms with E-state index in [9.17, 15) is 0 Å². The van der Waals surface area contributed by atoms with Gasteiger partial charge >= 0.3 is 0 Å². The zero-order valence-electron chi connectivity index (χ0n) is 14.5. The van der Waals surface area contributed by atoms with Crippen molar-refractivity contribution in [1.82, 2.24) is 4.90 Å². The normalized spacial score (nSPS) is 20.9. The second kappa shape index (κ2) is 7.81. The Labute approximate surface area is 154 Å². The first-order valence-corrected chi connectivity index (χ1v) is 9.54. The van der Waals surface area contributed by atoms with E-state index >= 15 is 0 Å². The first-order chi connectivity index (χ1) is 11.6. The first kappa shape index (κ1) is 17.7. The van der Waals surface area contributed by atoms with Gasteiger partial charge in [-0.05, 0) is 63.0 Å². The summed E-state index contributed by atoms with van der Waals surface area (Å²) in [6.07, 6.45) is 3.69. The average Bonchev–Trinajstić information content (AvgIpc) is 3.01. The molecule has 1 saturated heterocycles. The van der Waals surface area contributed by atoms with Gasteiger partial charge in [0.2, 0.25) is 0 Å². The van der Waals surface area contributed by atoms with Crippen molar-refractivity contribution in [3.8, 4) is 0 Å². The van der Waals surface area contributed by atoms with Crippen LogP contribution in [0.4, 0.5) is 0 Å². The Bertz CT molecular complexity index is 643. The average molecular weight is 388 g/mol. The summed E-state index contributed by atoms with van der Waals surface area (Å²) in [7, 11) is 2.22. The summed E-state index contributed by atoms with van der Waals surface area (Å²) < 4.78 is 7.60. The molecule has 3 heteroatoms. The Hall–Kier alpha value is -1.16. The fourth-order valence-corrected chi connectivity index (χ4v) is 3.86. The van der Waals surface area contributed by atoms with Crippen LogP contribution in [-0.4, -0.2) is 31.1 Å². The molecule has 2 atom stereocenters. The van der Waals surface area contributed by atoms with Gasteiger partial charge in [-0.25, -0.2) is 0 Å². The van der Waals surface area contributed by atoms with Crippen molar-refractivity contribution in [3.05, 3.63) is 70.2 Å². The van der Waals surface area contributed by atoms with E-state index in [2.05, 4.69) is 89.4 Å². The molecule has 1 fully saturated rings. The Balaban J connectivity index is 1.78. The SMILES string of the molecule is CN1CCC[C@@H]1CCOC(C)(c1ccccc1)c1ccc(Br)cc1. The van der Waals surface area contributed by atoms with Crippen LogP contribution in [0.25, 0.3) is 0 Å². The number of rotatable bonds is 6. The molecule has 0 aliphatic carbocycles. The quantitative estimate of drug-likeness (QED) is 0.673. The summed E-state index contributed by atoms with van der Waals surface area (Å²) in [6.45, 7) is 4.17. The van der Waals surface area contributed by atoms with Crippen LogP contribution in [0.2, 0.25) is 0 Å². The lowest BCUT2D eigenvalue weighted by Gasteiger charge is -2.32. The molecule has 1 aliphatic rings. The molecule has 2 aromatic carbocycles. The number of ether oxygens (including phenoxy) is 1. The van der Waals surface area contributed by atoms with Gasteiger partial charge in [0.05, 0.1) is 0 Å². The fourth-order valence-electron chi connectivity index (χ4n) is 3.60. The highest BCUT2D eigenvalue weighted by atomic mass is 79.9. The van der Waals surface area contributed by atoms with Crippen LogP contribution >= 0.6 is 15.9 Å². The maximum absolute atomic E-state index is 6.51. The topological polar surface area (TPSA) is 12.5 Å². The van der Waals surface area contributed by atoms with E-state index in [1.165, 1.54) is 30.5 Å². The minimum absolute atomic E-state index is 0.418. The summed E-state index contributed by atoms with van der Waals surface area (Å²) in [5, 5.41) is 0. The predicted octanol–water partition coefficient (Wildman–Crippen LogP) is 5.21. The van der Waals surface area contributed by atoms with Crippen LogP contribution < -0.4 is 0 Å². The molecule has 2 aromatic rings. The highest BCUT2D eigenvalue weighted by molar-refractivity contribution is 9.10. The standard InChI is InChI=1S/C21H26BrNO/c1-21(17-7-4-3-5-8-17,18-10-12-19(22)13-11-18)24-16-14-20-9-6-15-23(20)2/h3-5,7-8,10-13,20H,6,9,14-16H2,1-2H3/t20-,21?/m1/s1. The zero-order chi connectivity index (χ0) is 17.0. The van der Waals surface area contributed by atoms with E-state index in [0.717, 1.165) is 17.5 Å². The molecule has 0 spiro atoms. The van der Waals surface area contributed by atoms with Gasteiger partial charge in [-0.2, -0.15) is 0 Å². The van der Waals surface area contributed by atoms with Crippen LogP contribution in [0.3, 0.4) is 0 Å². The second-order valence-electron chi connectivity index (χ2n) is 6.82. The molecule has 1 aliphatic heterocycles. The molecule has 128 valence electrons. The molecule has 0 saturated carbocycles. The molecule has 3 rings (SSSR count). The van der Waals surface area contributed by atoms with Crippen molar-refractivity contribution >= 4 is 15.9 Å². The van der Waals surface area contributed by atoms with Crippen molar-refractivity contribution < 1.29 is 4.74 Å². The van der Waals surface area contributed by atoms with Crippen LogP contribution in [0.15, 0.2) is 59.1 Å². The maximum Gasteiger partial charge on any atom is 0.115 e. The van der Waals surface area contributed by atoms with Crippen LogP contribution in [0.1, 0.15) is 37.3 Å². The van der Waals surface area contributed by atoms with E-state index in [1.807, 2.05) is 0 Å². The Morgan fingerprint density at radius 1 is 1.08 bits per heavy atom. The molecule has 2 nitrogen and oxygen atoms in total. The van der Waals surface area contributed by atoms with Crippen molar-refractivity contribution in [2.75, 3.05) is 20.2 Å². The maximum atomic E-state index is 6.51. The third kappa shape index (κ3) is 3.90. The highest BCUT2D eigenvalue weighted by Gasteiger charge is 2.30. The van der Waals surface area contributed by atoms with Gasteiger partial charge < -0.3 is 9.64 Å². The predicted molar refractivity (Wildman–Crippen MR) is 103 cm³/mol. The van der Waals surface area contributed by atoms with Crippen LogP contribution in [-0.2, 0) is 10.3 Å². The van der Waals surface area contributed by atoms with Crippen molar-refractivity contribution in [3.63, 3.8) is 0 Å². The summed E-state index contributed by atoms with van der Waals surface area (Å²) in [5.74, 6) is 0. The number of halogens is 1. The lowest BCUT2D eigenvalue weighted by molar-refractivity contribution is -0.0117. The molecular weight excluding hydrogens is 362 g/mol. The summed E-state index contributed by atoms with van der Waals surface area (Å²) in [5.41, 5.74) is 1.97. The van der Waals surface area contributed by atoms with Gasteiger partial charge in [0.1, 0.15) is 5.60 Å². The monoisotopic (exact) mass is 387 g/mol. The van der Waals surface area contributed by atoms with Gasteiger partial charge in [0.25, 0.3) is 0 Å². The number of hydrogen-bond donors (Lipinski definition) is 0. The molecule has 0 aromatic heterocycles. The van der Waals surface area contributed by atoms with Crippen molar-refractivity contribution in [2.24, 2.45) is 0 Å². The zero-order valence-corrected chi connectivity index (χ0v) is 16.1. The number of hydrogen-bond acceptors (Lipinski definition) is 2. The summed E-state index contributed by atoms with van der Waals surface area (Å²) >= 11 is 3.53. The first-order valence-electron chi connectivity index (χ1n) is 8.75. The molecule has 1 heterocycles. The van der Waals surface area contributed by atoms with E-state index < -0.39 is 5.60 Å². The second-order valence-corrected chi connectivity index (χ2v) is 7.74. The third-order valence-corrected chi connectivity index (χ3v) is 5.76. The highest BCUT2D eigenvalue weighted by Crippen LogP contribution is 2.34. The Kier molecular flexibility index (Phi) is 5.75.